The smallest absolute Gasteiger partial charge is 0.249 e. The fourth-order valence-electron chi connectivity index (χ4n) is 3.20. The van der Waals surface area contributed by atoms with Crippen LogP contribution >= 0.6 is 11.3 Å². The summed E-state index contributed by atoms with van der Waals surface area (Å²) in [5, 5.41) is 15.6. The quantitative estimate of drug-likeness (QED) is 0.432. The van der Waals surface area contributed by atoms with Gasteiger partial charge in [-0.3, -0.25) is 4.79 Å². The van der Waals surface area contributed by atoms with Crippen LogP contribution in [0.4, 0.5) is 5.13 Å². The SMILES string of the molecule is Cn1ccnc1-c1sc(NC(=O)Cn2nnc(-c3ccccc3)n2)nc1-c1ccccc1. The summed E-state index contributed by atoms with van der Waals surface area (Å²) in [7, 11) is 1.93. The van der Waals surface area contributed by atoms with Gasteiger partial charge in [-0.1, -0.05) is 72.0 Å². The summed E-state index contributed by atoms with van der Waals surface area (Å²) in [5.74, 6) is 0.963. The summed E-state index contributed by atoms with van der Waals surface area (Å²) in [4.78, 5) is 23.9. The number of anilines is 1. The molecule has 3 heterocycles. The third kappa shape index (κ3) is 4.03. The van der Waals surface area contributed by atoms with Gasteiger partial charge in [-0.15, -0.1) is 10.2 Å². The summed E-state index contributed by atoms with van der Waals surface area (Å²) in [6.07, 6.45) is 3.62. The van der Waals surface area contributed by atoms with E-state index < -0.39 is 0 Å². The van der Waals surface area contributed by atoms with Crippen molar-refractivity contribution >= 4 is 22.4 Å². The Kier molecular flexibility index (Phi) is 5.26. The average Bonchev–Trinajstić information content (AvgIpc) is 3.55. The lowest BCUT2D eigenvalue weighted by Crippen LogP contribution is -2.20. The van der Waals surface area contributed by atoms with Crippen LogP contribution in [0.3, 0.4) is 0 Å². The molecule has 0 aliphatic rings. The first-order valence-electron chi connectivity index (χ1n) is 9.84. The molecule has 10 heteroatoms. The molecule has 0 unspecified atom stereocenters. The van der Waals surface area contributed by atoms with Gasteiger partial charge in [0, 0.05) is 30.6 Å². The van der Waals surface area contributed by atoms with E-state index in [4.69, 9.17) is 0 Å². The first-order valence-corrected chi connectivity index (χ1v) is 10.7. The Morgan fingerprint density at radius 2 is 1.75 bits per heavy atom. The molecule has 9 nitrogen and oxygen atoms in total. The van der Waals surface area contributed by atoms with Crippen LogP contribution in [0.2, 0.25) is 0 Å². The molecule has 0 spiro atoms. The van der Waals surface area contributed by atoms with Gasteiger partial charge in [0.15, 0.2) is 11.0 Å². The van der Waals surface area contributed by atoms with Gasteiger partial charge in [-0.2, -0.15) is 4.80 Å². The maximum absolute atomic E-state index is 12.6. The van der Waals surface area contributed by atoms with E-state index >= 15 is 0 Å². The lowest BCUT2D eigenvalue weighted by molar-refractivity contribution is -0.117. The Balaban J connectivity index is 1.38. The molecule has 2 aromatic carbocycles. The average molecular weight is 443 g/mol. The van der Waals surface area contributed by atoms with E-state index in [-0.39, 0.29) is 12.5 Å². The minimum Gasteiger partial charge on any atom is -0.333 e. The van der Waals surface area contributed by atoms with Crippen LogP contribution in [0.1, 0.15) is 0 Å². The number of hydrogen-bond donors (Lipinski definition) is 1. The molecule has 0 fully saturated rings. The summed E-state index contributed by atoms with van der Waals surface area (Å²) in [6, 6.07) is 19.3. The molecular weight excluding hydrogens is 424 g/mol. The minimum atomic E-state index is -0.290. The Hall–Kier alpha value is -4.18. The number of aryl methyl sites for hydroxylation is 1. The first-order chi connectivity index (χ1) is 15.7. The van der Waals surface area contributed by atoms with Crippen LogP contribution in [-0.4, -0.2) is 40.6 Å². The van der Waals surface area contributed by atoms with Gasteiger partial charge in [0.05, 0.1) is 10.6 Å². The second-order valence-electron chi connectivity index (χ2n) is 6.98. The predicted molar refractivity (Wildman–Crippen MR) is 122 cm³/mol. The molecule has 0 aliphatic carbocycles. The zero-order chi connectivity index (χ0) is 21.9. The van der Waals surface area contributed by atoms with Crippen molar-refractivity contribution in [1.29, 1.82) is 0 Å². The lowest BCUT2D eigenvalue weighted by atomic mass is 10.1. The molecule has 1 amide bonds. The highest BCUT2D eigenvalue weighted by Gasteiger charge is 2.19. The van der Waals surface area contributed by atoms with Crippen LogP contribution < -0.4 is 5.32 Å². The van der Waals surface area contributed by atoms with Crippen LogP contribution in [-0.2, 0) is 18.4 Å². The topological polar surface area (TPSA) is 103 Å². The number of tetrazole rings is 1. The van der Waals surface area contributed by atoms with E-state index in [2.05, 4.69) is 30.7 Å². The fraction of sp³-hybridized carbons (Fsp3) is 0.0909. The highest BCUT2D eigenvalue weighted by atomic mass is 32.1. The van der Waals surface area contributed by atoms with Crippen LogP contribution in [0.5, 0.6) is 0 Å². The number of aromatic nitrogens is 7. The molecule has 32 heavy (non-hydrogen) atoms. The third-order valence-electron chi connectivity index (χ3n) is 4.71. The Labute approximate surface area is 187 Å². The highest BCUT2D eigenvalue weighted by Crippen LogP contribution is 2.38. The molecule has 0 bridgehead atoms. The van der Waals surface area contributed by atoms with Gasteiger partial charge in [-0.25, -0.2) is 9.97 Å². The lowest BCUT2D eigenvalue weighted by Gasteiger charge is -2.02. The monoisotopic (exact) mass is 442 g/mol. The van der Waals surface area contributed by atoms with E-state index in [1.54, 1.807) is 6.20 Å². The number of hydrogen-bond acceptors (Lipinski definition) is 7. The van der Waals surface area contributed by atoms with Gasteiger partial charge >= 0.3 is 0 Å². The van der Waals surface area contributed by atoms with Crippen molar-refractivity contribution < 1.29 is 4.79 Å². The number of rotatable bonds is 6. The standard InChI is InChI=1S/C22H18N8OS/c1-29-13-12-23-21(29)19-18(15-8-4-2-5-9-15)25-22(32-19)24-17(31)14-30-27-20(26-28-30)16-10-6-3-7-11-16/h2-13H,14H2,1H3,(H,24,25,31). The van der Waals surface area contributed by atoms with E-state index in [0.717, 1.165) is 27.5 Å². The fourth-order valence-corrected chi connectivity index (χ4v) is 4.24. The molecule has 0 radical (unpaired) electrons. The first kappa shape index (κ1) is 19.8. The highest BCUT2D eigenvalue weighted by molar-refractivity contribution is 7.19. The van der Waals surface area contributed by atoms with Crippen molar-refractivity contribution in [3.05, 3.63) is 73.1 Å². The second-order valence-corrected chi connectivity index (χ2v) is 7.98. The van der Waals surface area contributed by atoms with Crippen molar-refractivity contribution in [2.24, 2.45) is 7.05 Å². The van der Waals surface area contributed by atoms with Crippen molar-refractivity contribution in [2.75, 3.05) is 5.32 Å². The number of thiazole rings is 1. The zero-order valence-corrected chi connectivity index (χ0v) is 17.9. The summed E-state index contributed by atoms with van der Waals surface area (Å²) < 4.78 is 1.93. The molecule has 5 rings (SSSR count). The molecule has 5 aromatic rings. The minimum absolute atomic E-state index is 0.0716. The van der Waals surface area contributed by atoms with Crippen molar-refractivity contribution in [1.82, 2.24) is 34.7 Å². The maximum Gasteiger partial charge on any atom is 0.249 e. The molecule has 0 saturated carbocycles. The van der Waals surface area contributed by atoms with Gasteiger partial charge < -0.3 is 9.88 Å². The van der Waals surface area contributed by atoms with E-state index in [1.165, 1.54) is 16.1 Å². The second kappa shape index (κ2) is 8.52. The maximum atomic E-state index is 12.6. The number of carbonyl (C=O) groups is 1. The summed E-state index contributed by atoms with van der Waals surface area (Å²) in [6.45, 7) is -0.0716. The Bertz CT molecular complexity index is 1360. The predicted octanol–water partition coefficient (Wildman–Crippen LogP) is 3.50. The molecular formula is C22H18N8OS. The Morgan fingerprint density at radius 3 is 2.44 bits per heavy atom. The Morgan fingerprint density at radius 1 is 1.03 bits per heavy atom. The van der Waals surface area contributed by atoms with Crippen LogP contribution in [0.15, 0.2) is 73.1 Å². The van der Waals surface area contributed by atoms with Crippen molar-refractivity contribution in [3.63, 3.8) is 0 Å². The third-order valence-corrected chi connectivity index (χ3v) is 5.68. The zero-order valence-electron chi connectivity index (χ0n) is 17.1. The molecule has 0 aliphatic heterocycles. The van der Waals surface area contributed by atoms with Gasteiger partial charge in [0.25, 0.3) is 0 Å². The number of nitrogens with zero attached hydrogens (tertiary/aromatic N) is 7. The van der Waals surface area contributed by atoms with Crippen molar-refractivity contribution in [3.8, 4) is 33.3 Å². The molecule has 0 saturated heterocycles. The van der Waals surface area contributed by atoms with Gasteiger partial charge in [0.1, 0.15) is 6.54 Å². The van der Waals surface area contributed by atoms with Crippen molar-refractivity contribution in [2.45, 2.75) is 6.54 Å². The molecule has 158 valence electrons. The van der Waals surface area contributed by atoms with Crippen LogP contribution in [0.25, 0.3) is 33.3 Å². The molecule has 1 N–H and O–H groups in total. The summed E-state index contributed by atoms with van der Waals surface area (Å²) in [5.41, 5.74) is 2.56. The van der Waals surface area contributed by atoms with E-state index in [9.17, 15) is 4.79 Å². The number of nitrogens with one attached hydrogen (secondary N) is 1. The van der Waals surface area contributed by atoms with Gasteiger partial charge in [-0.05, 0) is 5.21 Å². The summed E-state index contributed by atoms with van der Waals surface area (Å²) >= 11 is 1.38. The normalized spacial score (nSPS) is 10.9. The van der Waals surface area contributed by atoms with Crippen LogP contribution in [0, 0.1) is 0 Å². The number of imidazole rings is 1. The molecule has 3 aromatic heterocycles. The van der Waals surface area contributed by atoms with E-state index in [0.29, 0.717) is 11.0 Å². The van der Waals surface area contributed by atoms with E-state index in [1.807, 2.05) is 78.5 Å². The molecule has 0 atom stereocenters. The largest absolute Gasteiger partial charge is 0.333 e. The number of carbonyl (C=O) groups excluding carboxylic acids is 1. The number of amides is 1. The van der Waals surface area contributed by atoms with Gasteiger partial charge in [0.2, 0.25) is 11.7 Å². The number of benzene rings is 2.